The molecule has 35 heavy (non-hydrogen) atoms. The topological polar surface area (TPSA) is 126 Å². The van der Waals surface area contributed by atoms with Crippen molar-refractivity contribution in [1.29, 1.82) is 0 Å². The second-order valence-electron chi connectivity index (χ2n) is 11.7. The molecule has 1 aliphatic heterocycles. The third-order valence-electron chi connectivity index (χ3n) is 5.64. The summed E-state index contributed by atoms with van der Waals surface area (Å²) in [5.41, 5.74) is -2.34. The van der Waals surface area contributed by atoms with E-state index in [9.17, 15) is 19.7 Å². The lowest BCUT2D eigenvalue weighted by atomic mass is 9.78. The van der Waals surface area contributed by atoms with Crippen LogP contribution in [0.3, 0.4) is 0 Å². The Hall–Kier alpha value is -2.66. The summed E-state index contributed by atoms with van der Waals surface area (Å²) in [6.45, 7) is 17.7. The minimum atomic E-state index is -1.20. The van der Waals surface area contributed by atoms with Crippen molar-refractivity contribution in [3.05, 3.63) is 33.9 Å². The summed E-state index contributed by atoms with van der Waals surface area (Å²) in [6, 6.07) is 3.36. The summed E-state index contributed by atoms with van der Waals surface area (Å²) in [5, 5.41) is 14.4. The molecule has 1 aromatic carbocycles. The number of benzene rings is 1. The molecule has 0 radical (unpaired) electrons. The van der Waals surface area contributed by atoms with Gasteiger partial charge in [-0.05, 0) is 74.7 Å². The molecule has 1 amide bonds. The number of nitro groups is 1. The van der Waals surface area contributed by atoms with Crippen LogP contribution >= 0.6 is 0 Å². The van der Waals surface area contributed by atoms with Crippen LogP contribution in [-0.4, -0.2) is 52.6 Å². The van der Waals surface area contributed by atoms with Crippen molar-refractivity contribution >= 4 is 30.3 Å². The molecule has 0 spiro atoms. The first-order valence-corrected chi connectivity index (χ1v) is 11.6. The fraction of sp³-hybridized carbons (Fsp3) is 0.667. The fourth-order valence-corrected chi connectivity index (χ4v) is 3.29. The molecule has 1 aliphatic rings. The Morgan fingerprint density at radius 2 is 1.54 bits per heavy atom. The van der Waals surface area contributed by atoms with E-state index in [4.69, 9.17) is 18.8 Å². The molecule has 1 saturated heterocycles. The summed E-state index contributed by atoms with van der Waals surface area (Å²) in [4.78, 5) is 36.6. The van der Waals surface area contributed by atoms with Gasteiger partial charge >= 0.3 is 19.2 Å². The third kappa shape index (κ3) is 7.66. The Morgan fingerprint density at radius 3 is 2.00 bits per heavy atom. The maximum atomic E-state index is 12.9. The number of alkyl carbamates (subject to hydrolysis) is 1. The van der Waals surface area contributed by atoms with Crippen molar-refractivity contribution in [2.24, 2.45) is 0 Å². The van der Waals surface area contributed by atoms with Gasteiger partial charge in [-0.1, -0.05) is 12.1 Å². The highest BCUT2D eigenvalue weighted by Crippen LogP contribution is 2.36. The highest BCUT2D eigenvalue weighted by molar-refractivity contribution is 6.62. The lowest BCUT2D eigenvalue weighted by Gasteiger charge is -2.32. The van der Waals surface area contributed by atoms with E-state index in [-0.39, 0.29) is 17.7 Å². The molecular weight excluding hydrogens is 455 g/mol. The largest absolute Gasteiger partial charge is 0.495 e. The van der Waals surface area contributed by atoms with Crippen LogP contribution in [0.5, 0.6) is 0 Å². The van der Waals surface area contributed by atoms with Crippen molar-refractivity contribution in [2.45, 2.75) is 104 Å². The smallest absolute Gasteiger partial charge is 0.458 e. The van der Waals surface area contributed by atoms with Crippen LogP contribution in [0.25, 0.3) is 0 Å². The van der Waals surface area contributed by atoms with Gasteiger partial charge in [-0.3, -0.25) is 10.1 Å². The minimum absolute atomic E-state index is 0.173. The zero-order valence-corrected chi connectivity index (χ0v) is 22.3. The van der Waals surface area contributed by atoms with Crippen molar-refractivity contribution < 1.29 is 33.3 Å². The maximum Gasteiger partial charge on any atom is 0.495 e. The number of nitrogens with one attached hydrogen (secondary N) is 1. The molecule has 1 unspecified atom stereocenters. The minimum Gasteiger partial charge on any atom is -0.458 e. The van der Waals surface area contributed by atoms with Gasteiger partial charge in [0.1, 0.15) is 17.2 Å². The number of amides is 1. The molecule has 1 aromatic rings. The molecule has 1 atom stereocenters. The van der Waals surface area contributed by atoms with Crippen LogP contribution in [0.15, 0.2) is 18.2 Å². The van der Waals surface area contributed by atoms with E-state index >= 15 is 0 Å². The number of carbonyl (C=O) groups excluding carboxylic acids is 2. The number of ether oxygens (including phenoxy) is 2. The molecule has 0 aliphatic carbocycles. The van der Waals surface area contributed by atoms with E-state index in [1.165, 1.54) is 12.1 Å². The molecule has 11 heteroatoms. The maximum absolute atomic E-state index is 12.9. The number of nitrogens with zero attached hydrogens (tertiary/aromatic N) is 1. The number of nitro benzene ring substituents is 1. The van der Waals surface area contributed by atoms with Crippen LogP contribution in [0, 0.1) is 10.1 Å². The van der Waals surface area contributed by atoms with Gasteiger partial charge in [-0.15, -0.1) is 0 Å². The Kier molecular flexibility index (Phi) is 7.98. The van der Waals surface area contributed by atoms with Crippen LogP contribution in [-0.2, 0) is 30.0 Å². The highest BCUT2D eigenvalue weighted by atomic mass is 16.7. The molecule has 194 valence electrons. The summed E-state index contributed by atoms with van der Waals surface area (Å²) < 4.78 is 22.7. The van der Waals surface area contributed by atoms with E-state index in [1.54, 1.807) is 47.6 Å². The van der Waals surface area contributed by atoms with E-state index < -0.39 is 52.6 Å². The Morgan fingerprint density at radius 1 is 1.03 bits per heavy atom. The molecule has 0 bridgehead atoms. The summed E-state index contributed by atoms with van der Waals surface area (Å²) >= 11 is 0. The van der Waals surface area contributed by atoms with E-state index in [0.717, 1.165) is 0 Å². The Labute approximate surface area is 207 Å². The van der Waals surface area contributed by atoms with Crippen molar-refractivity contribution in [2.75, 3.05) is 0 Å². The molecule has 2 rings (SSSR count). The predicted molar refractivity (Wildman–Crippen MR) is 132 cm³/mol. The number of esters is 1. The van der Waals surface area contributed by atoms with Crippen LogP contribution in [0.2, 0.25) is 0 Å². The second-order valence-corrected chi connectivity index (χ2v) is 11.7. The first-order valence-electron chi connectivity index (χ1n) is 11.6. The number of rotatable bonds is 6. The van der Waals surface area contributed by atoms with Crippen LogP contribution < -0.4 is 10.8 Å². The average molecular weight is 492 g/mol. The standard InChI is InChI=1S/C24H37BN2O8/c1-21(2,3)32-19(28)17(26-20(29)33-22(4,5)6)13-15-11-12-16(14-18(15)27(30)31)25-34-23(7,8)24(9,10)35-25/h11-12,14,17H,13H2,1-10H3,(H,26,29). The van der Waals surface area contributed by atoms with Gasteiger partial charge in [0.2, 0.25) is 0 Å². The lowest BCUT2D eigenvalue weighted by Crippen LogP contribution is -2.47. The van der Waals surface area contributed by atoms with Crippen molar-refractivity contribution in [1.82, 2.24) is 5.32 Å². The van der Waals surface area contributed by atoms with Crippen LogP contribution in [0.4, 0.5) is 10.5 Å². The Balaban J connectivity index is 2.36. The first-order chi connectivity index (χ1) is 15.7. The highest BCUT2D eigenvalue weighted by Gasteiger charge is 2.52. The molecular formula is C24H37BN2O8. The third-order valence-corrected chi connectivity index (χ3v) is 5.64. The van der Waals surface area contributed by atoms with Gasteiger partial charge in [-0.25, -0.2) is 9.59 Å². The summed E-state index contributed by atoms with van der Waals surface area (Å²) in [5.74, 6) is -0.729. The molecule has 1 fully saturated rings. The van der Waals surface area contributed by atoms with Gasteiger partial charge in [-0.2, -0.15) is 0 Å². The normalized spacial score (nSPS) is 18.1. The monoisotopic (exact) mass is 492 g/mol. The first kappa shape index (κ1) is 28.6. The lowest BCUT2D eigenvalue weighted by molar-refractivity contribution is -0.385. The Bertz CT molecular complexity index is 963. The van der Waals surface area contributed by atoms with Crippen LogP contribution in [0.1, 0.15) is 74.8 Å². The van der Waals surface area contributed by atoms with Gasteiger partial charge in [0, 0.05) is 18.1 Å². The molecule has 1 N–H and O–H groups in total. The number of hydrogen-bond acceptors (Lipinski definition) is 8. The van der Waals surface area contributed by atoms with Gasteiger partial charge in [0.05, 0.1) is 16.1 Å². The van der Waals surface area contributed by atoms with Gasteiger partial charge < -0.3 is 24.1 Å². The van der Waals surface area contributed by atoms with Gasteiger partial charge in [0.15, 0.2) is 0 Å². The average Bonchev–Trinajstić information content (AvgIpc) is 2.85. The van der Waals surface area contributed by atoms with E-state index in [1.807, 2.05) is 27.7 Å². The molecule has 1 heterocycles. The fourth-order valence-electron chi connectivity index (χ4n) is 3.29. The summed E-state index contributed by atoms with van der Waals surface area (Å²) in [7, 11) is -0.783. The predicted octanol–water partition coefficient (Wildman–Crippen LogP) is 3.67. The molecule has 0 saturated carbocycles. The quantitative estimate of drug-likeness (QED) is 0.276. The second kappa shape index (κ2) is 9.77. The number of hydrogen-bond donors (Lipinski definition) is 1. The van der Waals surface area contributed by atoms with E-state index in [0.29, 0.717) is 5.46 Å². The zero-order chi connectivity index (χ0) is 27.0. The summed E-state index contributed by atoms with van der Waals surface area (Å²) in [6.07, 6.45) is -1.00. The van der Waals surface area contributed by atoms with Crippen molar-refractivity contribution in [3.8, 4) is 0 Å². The molecule has 10 nitrogen and oxygen atoms in total. The van der Waals surface area contributed by atoms with E-state index in [2.05, 4.69) is 5.32 Å². The molecule has 0 aromatic heterocycles. The number of carbonyl (C=O) groups is 2. The van der Waals surface area contributed by atoms with Gasteiger partial charge in [0.25, 0.3) is 5.69 Å². The van der Waals surface area contributed by atoms with Crippen molar-refractivity contribution in [3.63, 3.8) is 0 Å². The zero-order valence-electron chi connectivity index (χ0n) is 22.3. The SMILES string of the molecule is CC(C)(C)OC(=O)NC(Cc1ccc(B2OC(C)(C)C(C)(C)O2)cc1[N+](=O)[O-])C(=O)OC(C)(C)C.